The number of sulfonamides is 1. The molecule has 7 heteroatoms. The van der Waals surface area contributed by atoms with E-state index in [1.54, 1.807) is 6.07 Å². The zero-order valence-electron chi connectivity index (χ0n) is 13.0. The van der Waals surface area contributed by atoms with Gasteiger partial charge in [0.05, 0.1) is 22.6 Å². The molecule has 2 aromatic rings. The van der Waals surface area contributed by atoms with E-state index in [0.717, 1.165) is 10.5 Å². The van der Waals surface area contributed by atoms with E-state index in [9.17, 15) is 18.0 Å². The lowest BCUT2D eigenvalue weighted by molar-refractivity contribution is 0.0693. The molecular formula is C17H16N2O4S. The molecule has 0 spiro atoms. The normalized spacial score (nSPS) is 14.0. The van der Waals surface area contributed by atoms with Gasteiger partial charge in [0.1, 0.15) is 0 Å². The third kappa shape index (κ3) is 3.03. The van der Waals surface area contributed by atoms with Gasteiger partial charge < -0.3 is 0 Å². The number of hydrogen-bond donors (Lipinski definition) is 1. The van der Waals surface area contributed by atoms with Crippen LogP contribution in [0.1, 0.15) is 26.3 Å². The molecular weight excluding hydrogens is 328 g/mol. The van der Waals surface area contributed by atoms with Crippen LogP contribution < -0.4 is 4.72 Å². The Balaban J connectivity index is 1.82. The molecule has 2 aromatic carbocycles. The minimum absolute atomic E-state index is 0.105. The molecule has 0 bridgehead atoms. The van der Waals surface area contributed by atoms with E-state index in [4.69, 9.17) is 0 Å². The summed E-state index contributed by atoms with van der Waals surface area (Å²) < 4.78 is 27.1. The number of nitrogens with zero attached hydrogens (tertiary/aromatic N) is 1. The Morgan fingerprint density at radius 3 is 2.38 bits per heavy atom. The second-order valence-corrected chi connectivity index (χ2v) is 7.40. The molecule has 1 N–H and O–H groups in total. The molecule has 0 aromatic heterocycles. The monoisotopic (exact) mass is 344 g/mol. The Bertz CT molecular complexity index is 907. The Morgan fingerprint density at radius 2 is 1.67 bits per heavy atom. The summed E-state index contributed by atoms with van der Waals surface area (Å²) in [5, 5.41) is 0. The van der Waals surface area contributed by atoms with Gasteiger partial charge in [-0.2, -0.15) is 0 Å². The number of rotatable bonds is 5. The molecule has 0 atom stereocenters. The molecule has 0 unspecified atom stereocenters. The van der Waals surface area contributed by atoms with Crippen molar-refractivity contribution in [1.82, 2.24) is 4.90 Å². The maximum atomic E-state index is 12.3. The van der Waals surface area contributed by atoms with Crippen LogP contribution in [0.25, 0.3) is 0 Å². The van der Waals surface area contributed by atoms with Gasteiger partial charge in [0, 0.05) is 7.05 Å². The fourth-order valence-corrected chi connectivity index (χ4v) is 3.71. The predicted molar refractivity (Wildman–Crippen MR) is 90.4 cm³/mol. The fraction of sp³-hybridized carbons (Fsp3) is 0.176. The van der Waals surface area contributed by atoms with E-state index in [1.807, 2.05) is 30.3 Å². The summed E-state index contributed by atoms with van der Waals surface area (Å²) >= 11 is 0. The van der Waals surface area contributed by atoms with Gasteiger partial charge in [0.25, 0.3) is 11.8 Å². The Morgan fingerprint density at radius 1 is 0.958 bits per heavy atom. The third-order valence-electron chi connectivity index (χ3n) is 3.89. The van der Waals surface area contributed by atoms with Gasteiger partial charge in [-0.25, -0.2) is 8.42 Å². The summed E-state index contributed by atoms with van der Waals surface area (Å²) in [5.74, 6) is -1.05. The largest absolute Gasteiger partial charge is 0.283 e. The maximum Gasteiger partial charge on any atom is 0.263 e. The first-order valence-corrected chi connectivity index (χ1v) is 9.04. The lowest BCUT2D eigenvalue weighted by Crippen LogP contribution is -2.25. The first-order chi connectivity index (χ1) is 11.4. The van der Waals surface area contributed by atoms with Gasteiger partial charge in [0.2, 0.25) is 10.0 Å². The summed E-state index contributed by atoms with van der Waals surface area (Å²) in [7, 11) is -2.27. The van der Waals surface area contributed by atoms with Gasteiger partial charge in [-0.3, -0.25) is 19.2 Å². The van der Waals surface area contributed by atoms with E-state index in [-0.39, 0.29) is 22.6 Å². The highest BCUT2D eigenvalue weighted by Crippen LogP contribution is 2.29. The van der Waals surface area contributed by atoms with E-state index < -0.39 is 21.8 Å². The van der Waals surface area contributed by atoms with Crippen molar-refractivity contribution in [3.05, 3.63) is 65.2 Å². The minimum atomic E-state index is -3.64. The Labute approximate surface area is 140 Å². The summed E-state index contributed by atoms with van der Waals surface area (Å²) in [6, 6.07) is 13.8. The molecule has 24 heavy (non-hydrogen) atoms. The summed E-state index contributed by atoms with van der Waals surface area (Å²) in [5.41, 5.74) is 1.37. The molecule has 2 amide bonds. The van der Waals surface area contributed by atoms with Gasteiger partial charge >= 0.3 is 0 Å². The highest BCUT2D eigenvalue weighted by molar-refractivity contribution is 7.92. The molecule has 0 aliphatic carbocycles. The SMILES string of the molecule is CN1C(=O)c2cccc(NS(=O)(=O)CCc3ccccc3)c2C1=O. The van der Waals surface area contributed by atoms with Crippen LogP contribution in [-0.2, 0) is 16.4 Å². The summed E-state index contributed by atoms with van der Waals surface area (Å²) in [6.45, 7) is 0. The Hall–Kier alpha value is -2.67. The van der Waals surface area contributed by atoms with E-state index in [0.29, 0.717) is 6.42 Å². The molecule has 3 rings (SSSR count). The smallest absolute Gasteiger partial charge is 0.263 e. The van der Waals surface area contributed by atoms with Crippen LogP contribution >= 0.6 is 0 Å². The minimum Gasteiger partial charge on any atom is -0.283 e. The average molecular weight is 344 g/mol. The Kier molecular flexibility index (Phi) is 4.11. The van der Waals surface area contributed by atoms with Crippen LogP contribution in [-0.4, -0.2) is 37.9 Å². The molecule has 0 fully saturated rings. The quantitative estimate of drug-likeness (QED) is 0.840. The van der Waals surface area contributed by atoms with Crippen molar-refractivity contribution < 1.29 is 18.0 Å². The van der Waals surface area contributed by atoms with Crippen LogP contribution in [0.5, 0.6) is 0 Å². The molecule has 6 nitrogen and oxygen atoms in total. The number of carbonyl (C=O) groups is 2. The summed E-state index contributed by atoms with van der Waals surface area (Å²) in [4.78, 5) is 25.1. The number of aryl methyl sites for hydroxylation is 1. The standard InChI is InChI=1S/C17H16N2O4S/c1-19-16(20)13-8-5-9-14(15(13)17(19)21)18-24(22,23)11-10-12-6-3-2-4-7-12/h2-9,18H,10-11H2,1H3. The van der Waals surface area contributed by atoms with Crippen LogP contribution in [0.4, 0.5) is 5.69 Å². The van der Waals surface area contributed by atoms with Crippen LogP contribution in [0.15, 0.2) is 48.5 Å². The number of amides is 2. The molecule has 124 valence electrons. The van der Waals surface area contributed by atoms with Crippen molar-refractivity contribution in [2.75, 3.05) is 17.5 Å². The zero-order valence-corrected chi connectivity index (χ0v) is 13.8. The van der Waals surface area contributed by atoms with Gasteiger partial charge in [0.15, 0.2) is 0 Å². The third-order valence-corrected chi connectivity index (χ3v) is 5.16. The highest BCUT2D eigenvalue weighted by atomic mass is 32.2. The van der Waals surface area contributed by atoms with Crippen molar-refractivity contribution in [1.29, 1.82) is 0 Å². The van der Waals surface area contributed by atoms with Crippen molar-refractivity contribution >= 4 is 27.5 Å². The maximum absolute atomic E-state index is 12.3. The lowest BCUT2D eigenvalue weighted by atomic mass is 10.1. The predicted octanol–water partition coefficient (Wildman–Crippen LogP) is 1.90. The van der Waals surface area contributed by atoms with Crippen molar-refractivity contribution in [2.45, 2.75) is 6.42 Å². The van der Waals surface area contributed by atoms with Gasteiger partial charge in [-0.1, -0.05) is 36.4 Å². The highest BCUT2D eigenvalue weighted by Gasteiger charge is 2.35. The number of benzene rings is 2. The zero-order chi connectivity index (χ0) is 17.3. The number of carbonyl (C=O) groups excluding carboxylic acids is 2. The molecule has 0 saturated heterocycles. The second kappa shape index (κ2) is 6.09. The topological polar surface area (TPSA) is 83.6 Å². The molecule has 1 aliphatic rings. The van der Waals surface area contributed by atoms with Crippen LogP contribution in [0.2, 0.25) is 0 Å². The van der Waals surface area contributed by atoms with Gasteiger partial charge in [-0.05, 0) is 24.1 Å². The average Bonchev–Trinajstić information content (AvgIpc) is 2.79. The van der Waals surface area contributed by atoms with Crippen LogP contribution in [0, 0.1) is 0 Å². The number of fused-ring (bicyclic) bond motifs is 1. The van der Waals surface area contributed by atoms with Gasteiger partial charge in [-0.15, -0.1) is 0 Å². The number of imide groups is 1. The second-order valence-electron chi connectivity index (χ2n) is 5.55. The first kappa shape index (κ1) is 16.2. The molecule has 1 aliphatic heterocycles. The van der Waals surface area contributed by atoms with E-state index in [1.165, 1.54) is 19.2 Å². The van der Waals surface area contributed by atoms with E-state index in [2.05, 4.69) is 4.72 Å². The summed E-state index contributed by atoms with van der Waals surface area (Å²) in [6.07, 6.45) is 0.359. The van der Waals surface area contributed by atoms with Crippen molar-refractivity contribution in [3.8, 4) is 0 Å². The number of nitrogens with one attached hydrogen (secondary N) is 1. The first-order valence-electron chi connectivity index (χ1n) is 7.39. The van der Waals surface area contributed by atoms with E-state index >= 15 is 0 Å². The number of hydrogen-bond acceptors (Lipinski definition) is 4. The fourth-order valence-electron chi connectivity index (χ4n) is 2.60. The van der Waals surface area contributed by atoms with Crippen molar-refractivity contribution in [3.63, 3.8) is 0 Å². The lowest BCUT2D eigenvalue weighted by Gasteiger charge is -2.11. The molecule has 0 saturated carbocycles. The molecule has 1 heterocycles. The number of anilines is 1. The van der Waals surface area contributed by atoms with Crippen molar-refractivity contribution in [2.24, 2.45) is 0 Å². The molecule has 0 radical (unpaired) electrons. The van der Waals surface area contributed by atoms with Crippen LogP contribution in [0.3, 0.4) is 0 Å².